The molecule has 0 aliphatic carbocycles. The third kappa shape index (κ3) is 4.26. The summed E-state index contributed by atoms with van der Waals surface area (Å²) in [6.45, 7) is 2.18. The zero-order chi connectivity index (χ0) is 29.9. The highest BCUT2D eigenvalue weighted by atomic mass is 32.1. The number of thiophene rings is 1. The molecule has 3 aromatic heterocycles. The molecule has 6 aromatic carbocycles. The summed E-state index contributed by atoms with van der Waals surface area (Å²) in [7, 11) is 0. The van der Waals surface area contributed by atoms with Gasteiger partial charge in [-0.2, -0.15) is 0 Å². The molecular formula is C41H26N2OS. The molecule has 4 heteroatoms. The van der Waals surface area contributed by atoms with Crippen molar-refractivity contribution in [1.29, 1.82) is 0 Å². The maximum absolute atomic E-state index is 6.34. The fourth-order valence-electron chi connectivity index (χ4n) is 6.49. The molecule has 0 saturated heterocycles. The summed E-state index contributed by atoms with van der Waals surface area (Å²) in [4.78, 5) is 9.79. The molecule has 0 aliphatic heterocycles. The summed E-state index contributed by atoms with van der Waals surface area (Å²) in [5, 5.41) is 4.86. The lowest BCUT2D eigenvalue weighted by Gasteiger charge is -2.11. The van der Waals surface area contributed by atoms with E-state index < -0.39 is 0 Å². The largest absolute Gasteiger partial charge is 0.455 e. The van der Waals surface area contributed by atoms with Gasteiger partial charge in [0.1, 0.15) is 11.2 Å². The van der Waals surface area contributed by atoms with Gasteiger partial charge in [0.2, 0.25) is 0 Å². The number of aryl methyl sites for hydroxylation is 1. The molecule has 0 saturated carbocycles. The number of benzene rings is 6. The number of rotatable bonds is 4. The minimum absolute atomic E-state index is 0.710. The van der Waals surface area contributed by atoms with Gasteiger partial charge >= 0.3 is 0 Å². The number of hydrogen-bond acceptors (Lipinski definition) is 4. The van der Waals surface area contributed by atoms with Gasteiger partial charge in [-0.25, -0.2) is 9.97 Å². The van der Waals surface area contributed by atoms with Crippen LogP contribution in [-0.4, -0.2) is 9.97 Å². The Morgan fingerprint density at radius 1 is 0.556 bits per heavy atom. The van der Waals surface area contributed by atoms with Crippen molar-refractivity contribution >= 4 is 53.4 Å². The summed E-state index contributed by atoms with van der Waals surface area (Å²) in [5.41, 5.74) is 10.6. The third-order valence-corrected chi connectivity index (χ3v) is 9.94. The number of furan rings is 1. The fraction of sp³-hybridized carbons (Fsp3) is 0.0244. The van der Waals surface area contributed by atoms with Crippen molar-refractivity contribution in [2.24, 2.45) is 0 Å². The molecule has 0 fully saturated rings. The van der Waals surface area contributed by atoms with Crippen LogP contribution in [0.15, 0.2) is 144 Å². The Bertz CT molecular complexity index is 2570. The Morgan fingerprint density at radius 3 is 2.24 bits per heavy atom. The SMILES string of the molecule is Cc1ccc(-c2nccc(-c3cccc(-c4cccc5c4oc4ccccc45)c3)n2)cc1-c1cccc2c1sc1ccccc12. The lowest BCUT2D eigenvalue weighted by atomic mass is 9.96. The van der Waals surface area contributed by atoms with Crippen molar-refractivity contribution in [3.05, 3.63) is 145 Å². The lowest BCUT2D eigenvalue weighted by Crippen LogP contribution is -1.93. The summed E-state index contributed by atoms with van der Waals surface area (Å²) in [6.07, 6.45) is 1.86. The molecule has 0 bridgehead atoms. The van der Waals surface area contributed by atoms with Crippen molar-refractivity contribution in [2.75, 3.05) is 0 Å². The van der Waals surface area contributed by atoms with E-state index in [4.69, 9.17) is 14.4 Å². The van der Waals surface area contributed by atoms with E-state index in [1.54, 1.807) is 0 Å². The molecule has 3 heterocycles. The Labute approximate surface area is 264 Å². The summed E-state index contributed by atoms with van der Waals surface area (Å²) >= 11 is 1.86. The molecule has 3 nitrogen and oxygen atoms in total. The molecule has 0 spiro atoms. The highest BCUT2D eigenvalue weighted by Gasteiger charge is 2.15. The van der Waals surface area contributed by atoms with E-state index in [1.807, 2.05) is 35.7 Å². The molecule has 0 unspecified atom stereocenters. The van der Waals surface area contributed by atoms with E-state index in [9.17, 15) is 0 Å². The van der Waals surface area contributed by atoms with Gasteiger partial charge in [-0.1, -0.05) is 103 Å². The molecule has 9 rings (SSSR count). The number of nitrogens with zero attached hydrogens (tertiary/aromatic N) is 2. The maximum Gasteiger partial charge on any atom is 0.159 e. The Kier molecular flexibility index (Phi) is 5.90. The molecule has 0 atom stereocenters. The molecule has 0 aliphatic rings. The number of aromatic nitrogens is 2. The fourth-order valence-corrected chi connectivity index (χ4v) is 7.72. The molecule has 212 valence electrons. The molecule has 9 aromatic rings. The zero-order valence-electron chi connectivity index (χ0n) is 24.5. The normalized spacial score (nSPS) is 11.7. The lowest BCUT2D eigenvalue weighted by molar-refractivity contribution is 0.670. The van der Waals surface area contributed by atoms with Gasteiger partial charge in [0.25, 0.3) is 0 Å². The second-order valence-corrected chi connectivity index (χ2v) is 12.5. The predicted molar refractivity (Wildman–Crippen MR) is 189 cm³/mol. The first kappa shape index (κ1) is 25.9. The van der Waals surface area contributed by atoms with Gasteiger partial charge in [0.15, 0.2) is 5.82 Å². The van der Waals surface area contributed by atoms with Gasteiger partial charge in [-0.15, -0.1) is 11.3 Å². The van der Waals surface area contributed by atoms with Crippen LogP contribution in [-0.2, 0) is 0 Å². The standard InChI is InChI=1S/C41H26N2OS/c1-25-19-20-28(24-35(25)34-16-8-15-33-31-12-3-5-18-38(31)45-40(33)34)41-42-22-21-36(43-41)27-10-6-9-26(23-27)29-13-7-14-32-30-11-2-4-17-37(30)44-39(29)32/h2-24H,1H3. The Morgan fingerprint density at radius 2 is 1.31 bits per heavy atom. The average Bonchev–Trinajstić information content (AvgIpc) is 3.67. The number of para-hydroxylation sites is 2. The van der Waals surface area contributed by atoms with Crippen LogP contribution < -0.4 is 0 Å². The zero-order valence-corrected chi connectivity index (χ0v) is 25.3. The van der Waals surface area contributed by atoms with E-state index in [0.717, 1.165) is 49.9 Å². The van der Waals surface area contributed by atoms with Crippen LogP contribution in [0.3, 0.4) is 0 Å². The quantitative estimate of drug-likeness (QED) is 0.203. The van der Waals surface area contributed by atoms with Gasteiger partial charge in [0.05, 0.1) is 5.69 Å². The van der Waals surface area contributed by atoms with Crippen molar-refractivity contribution in [3.8, 4) is 44.9 Å². The summed E-state index contributed by atoms with van der Waals surface area (Å²) < 4.78 is 8.96. The van der Waals surface area contributed by atoms with E-state index >= 15 is 0 Å². The average molecular weight is 595 g/mol. The van der Waals surface area contributed by atoms with Gasteiger partial charge < -0.3 is 4.42 Å². The van der Waals surface area contributed by atoms with Gasteiger partial charge in [0, 0.05) is 53.8 Å². The molecule has 45 heavy (non-hydrogen) atoms. The first-order chi connectivity index (χ1) is 22.2. The van der Waals surface area contributed by atoms with Crippen molar-refractivity contribution in [1.82, 2.24) is 9.97 Å². The van der Waals surface area contributed by atoms with Crippen LogP contribution in [0.5, 0.6) is 0 Å². The highest BCUT2D eigenvalue weighted by Crippen LogP contribution is 2.42. The Hall–Kier alpha value is -5.58. The van der Waals surface area contributed by atoms with Crippen LogP contribution in [0.25, 0.3) is 87.0 Å². The van der Waals surface area contributed by atoms with Crippen LogP contribution in [0, 0.1) is 6.92 Å². The van der Waals surface area contributed by atoms with Crippen molar-refractivity contribution in [3.63, 3.8) is 0 Å². The molecule has 0 N–H and O–H groups in total. The first-order valence-electron chi connectivity index (χ1n) is 15.1. The van der Waals surface area contributed by atoms with Crippen LogP contribution >= 0.6 is 11.3 Å². The highest BCUT2D eigenvalue weighted by molar-refractivity contribution is 7.26. The van der Waals surface area contributed by atoms with Crippen LogP contribution in [0.4, 0.5) is 0 Å². The van der Waals surface area contributed by atoms with Crippen LogP contribution in [0.1, 0.15) is 5.56 Å². The summed E-state index contributed by atoms with van der Waals surface area (Å²) in [5.74, 6) is 0.710. The van der Waals surface area contributed by atoms with E-state index in [0.29, 0.717) is 5.82 Å². The topological polar surface area (TPSA) is 38.9 Å². The first-order valence-corrected chi connectivity index (χ1v) is 15.9. The molecular weight excluding hydrogens is 569 g/mol. The van der Waals surface area contributed by atoms with Gasteiger partial charge in [-0.05, 0) is 59.5 Å². The van der Waals surface area contributed by atoms with Crippen molar-refractivity contribution < 1.29 is 4.42 Å². The van der Waals surface area contributed by atoms with E-state index in [-0.39, 0.29) is 0 Å². The Balaban J connectivity index is 1.12. The third-order valence-electron chi connectivity index (χ3n) is 8.72. The predicted octanol–water partition coefficient (Wildman–Crippen LogP) is 11.7. The second-order valence-electron chi connectivity index (χ2n) is 11.4. The van der Waals surface area contributed by atoms with Gasteiger partial charge in [-0.3, -0.25) is 0 Å². The second kappa shape index (κ2) is 10.3. The smallest absolute Gasteiger partial charge is 0.159 e. The monoisotopic (exact) mass is 594 g/mol. The minimum atomic E-state index is 0.710. The van der Waals surface area contributed by atoms with E-state index in [2.05, 4.69) is 122 Å². The number of fused-ring (bicyclic) bond motifs is 6. The van der Waals surface area contributed by atoms with Crippen molar-refractivity contribution in [2.45, 2.75) is 6.92 Å². The number of hydrogen-bond donors (Lipinski definition) is 0. The van der Waals surface area contributed by atoms with E-state index in [1.165, 1.54) is 36.9 Å². The summed E-state index contributed by atoms with van der Waals surface area (Å²) in [6, 6.07) is 46.9. The molecule has 0 radical (unpaired) electrons. The minimum Gasteiger partial charge on any atom is -0.455 e. The maximum atomic E-state index is 6.34. The molecule has 0 amide bonds. The van der Waals surface area contributed by atoms with Crippen LogP contribution in [0.2, 0.25) is 0 Å².